The fraction of sp³-hybridized carbons (Fsp3) is 0.222. The Hall–Kier alpha value is -4.33. The van der Waals surface area contributed by atoms with Gasteiger partial charge in [-0.3, -0.25) is 4.79 Å². The van der Waals surface area contributed by atoms with E-state index in [-0.39, 0.29) is 23.5 Å². The molecule has 8 heteroatoms. The first-order valence-electron chi connectivity index (χ1n) is 11.7. The van der Waals surface area contributed by atoms with Gasteiger partial charge < -0.3 is 20.2 Å². The molecule has 35 heavy (non-hydrogen) atoms. The first-order chi connectivity index (χ1) is 17.1. The number of aromatic hydroxyl groups is 1. The smallest absolute Gasteiger partial charge is 0.342 e. The number of amides is 2. The van der Waals surface area contributed by atoms with Gasteiger partial charge in [-0.15, -0.1) is 0 Å². The number of nitrogens with zero attached hydrogens (tertiary/aromatic N) is 2. The fourth-order valence-electron chi connectivity index (χ4n) is 4.47. The Labute approximate surface area is 202 Å². The number of phenols is 1. The van der Waals surface area contributed by atoms with E-state index < -0.39 is 5.91 Å². The van der Waals surface area contributed by atoms with Gasteiger partial charge in [0.15, 0.2) is 5.76 Å². The van der Waals surface area contributed by atoms with Crippen LogP contribution in [0.15, 0.2) is 77.4 Å². The largest absolute Gasteiger partial charge is 0.507 e. The summed E-state index contributed by atoms with van der Waals surface area (Å²) in [4.78, 5) is 25.5. The molecule has 0 radical (unpaired) electrons. The van der Waals surface area contributed by atoms with Crippen LogP contribution < -0.4 is 10.6 Å². The monoisotopic (exact) mass is 470 g/mol. The Kier molecular flexibility index (Phi) is 6.34. The summed E-state index contributed by atoms with van der Waals surface area (Å²) in [5, 5.41) is 20.9. The summed E-state index contributed by atoms with van der Waals surface area (Å²) in [6.45, 7) is 0.387. The second-order valence-corrected chi connectivity index (χ2v) is 8.66. The van der Waals surface area contributed by atoms with Crippen LogP contribution in [0.1, 0.15) is 53.4 Å². The van der Waals surface area contributed by atoms with Crippen LogP contribution in [0.4, 0.5) is 10.5 Å². The van der Waals surface area contributed by atoms with Gasteiger partial charge in [0.2, 0.25) is 0 Å². The maximum Gasteiger partial charge on any atom is 0.342 e. The number of hydrogen-bond acceptors (Lipinski definition) is 5. The van der Waals surface area contributed by atoms with Crippen molar-refractivity contribution < 1.29 is 19.1 Å². The third-order valence-electron chi connectivity index (χ3n) is 6.26. The third kappa shape index (κ3) is 4.96. The second-order valence-electron chi connectivity index (χ2n) is 8.66. The lowest BCUT2D eigenvalue weighted by Crippen LogP contribution is -2.30. The molecule has 2 heterocycles. The molecule has 1 aliphatic carbocycles. The molecule has 0 bridgehead atoms. The maximum atomic E-state index is 13.1. The normalized spacial score (nSPS) is 13.6. The lowest BCUT2D eigenvalue weighted by atomic mass is 10.0. The third-order valence-corrected chi connectivity index (χ3v) is 6.26. The molecule has 0 atom stereocenters. The zero-order valence-electron chi connectivity index (χ0n) is 19.1. The molecule has 2 aromatic heterocycles. The standard InChI is InChI=1S/C27H26N4O4/c32-24-13-12-20(29-26(33)25-11-6-14-35-25)15-21(24)22-16-23(19-9-4-5-10-19)31(30-22)27(34)28-17-18-7-2-1-3-8-18/h1-3,6-8,11-16,19,32H,4-5,9-10,17H2,(H,28,34)(H,29,33). The van der Waals surface area contributed by atoms with Gasteiger partial charge in [-0.05, 0) is 54.8 Å². The van der Waals surface area contributed by atoms with E-state index >= 15 is 0 Å². The maximum absolute atomic E-state index is 13.1. The second kappa shape index (κ2) is 9.89. The van der Waals surface area contributed by atoms with E-state index in [4.69, 9.17) is 4.42 Å². The molecule has 4 aromatic rings. The quantitative estimate of drug-likeness (QED) is 0.322. The van der Waals surface area contributed by atoms with Gasteiger partial charge in [0.1, 0.15) is 5.75 Å². The SMILES string of the molecule is O=C(Nc1ccc(O)c(-c2cc(C3CCCC3)n(C(=O)NCc3ccccc3)n2)c1)c1ccco1. The summed E-state index contributed by atoms with van der Waals surface area (Å²) < 4.78 is 6.56. The summed E-state index contributed by atoms with van der Waals surface area (Å²) in [6, 6.07) is 19.2. The molecule has 2 amide bonds. The molecule has 1 fully saturated rings. The molecule has 0 aliphatic heterocycles. The van der Waals surface area contributed by atoms with E-state index in [1.165, 1.54) is 17.0 Å². The van der Waals surface area contributed by atoms with Crippen molar-refractivity contribution in [3.63, 3.8) is 0 Å². The zero-order valence-corrected chi connectivity index (χ0v) is 19.1. The van der Waals surface area contributed by atoms with Gasteiger partial charge in [0.05, 0.1) is 17.7 Å². The van der Waals surface area contributed by atoms with Gasteiger partial charge in [0.25, 0.3) is 5.91 Å². The highest BCUT2D eigenvalue weighted by Crippen LogP contribution is 2.38. The molecular weight excluding hydrogens is 444 g/mol. The number of benzene rings is 2. The van der Waals surface area contributed by atoms with Crippen molar-refractivity contribution in [1.29, 1.82) is 0 Å². The molecule has 0 unspecified atom stereocenters. The highest BCUT2D eigenvalue weighted by atomic mass is 16.3. The van der Waals surface area contributed by atoms with Crippen molar-refractivity contribution in [2.24, 2.45) is 0 Å². The first-order valence-corrected chi connectivity index (χ1v) is 11.7. The Morgan fingerprint density at radius 1 is 1.03 bits per heavy atom. The molecule has 0 saturated heterocycles. The number of nitrogens with one attached hydrogen (secondary N) is 2. The van der Waals surface area contributed by atoms with E-state index in [1.54, 1.807) is 24.3 Å². The highest BCUT2D eigenvalue weighted by Gasteiger charge is 2.26. The Balaban J connectivity index is 1.43. The van der Waals surface area contributed by atoms with Crippen molar-refractivity contribution in [2.75, 3.05) is 5.32 Å². The van der Waals surface area contributed by atoms with Crippen molar-refractivity contribution in [3.8, 4) is 17.0 Å². The number of carbonyl (C=O) groups excluding carboxylic acids is 2. The lowest BCUT2D eigenvalue weighted by molar-refractivity contribution is 0.0996. The molecule has 8 nitrogen and oxygen atoms in total. The first kappa shape index (κ1) is 22.5. The number of carbonyl (C=O) groups is 2. The minimum absolute atomic E-state index is 0.00770. The van der Waals surface area contributed by atoms with Crippen LogP contribution in [0.2, 0.25) is 0 Å². The van der Waals surface area contributed by atoms with Crippen LogP contribution in [0.3, 0.4) is 0 Å². The Morgan fingerprint density at radius 2 is 1.83 bits per heavy atom. The van der Waals surface area contributed by atoms with Gasteiger partial charge in [0, 0.05) is 23.7 Å². The average molecular weight is 471 g/mol. The molecule has 5 rings (SSSR count). The van der Waals surface area contributed by atoms with Crippen LogP contribution >= 0.6 is 0 Å². The minimum Gasteiger partial charge on any atom is -0.507 e. The molecule has 2 aromatic carbocycles. The van der Waals surface area contributed by atoms with Crippen molar-refractivity contribution >= 4 is 17.6 Å². The topological polar surface area (TPSA) is 109 Å². The van der Waals surface area contributed by atoms with Crippen molar-refractivity contribution in [2.45, 2.75) is 38.1 Å². The number of anilines is 1. The summed E-state index contributed by atoms with van der Waals surface area (Å²) in [5.41, 5.74) is 3.19. The highest BCUT2D eigenvalue weighted by molar-refractivity contribution is 6.02. The van der Waals surface area contributed by atoms with Crippen LogP contribution in [0.5, 0.6) is 5.75 Å². The predicted octanol–water partition coefficient (Wildman–Crippen LogP) is 5.52. The van der Waals surface area contributed by atoms with Crippen LogP contribution in [0.25, 0.3) is 11.3 Å². The average Bonchev–Trinajstić information content (AvgIpc) is 3.66. The van der Waals surface area contributed by atoms with Crippen LogP contribution in [-0.2, 0) is 6.54 Å². The minimum atomic E-state index is -0.399. The van der Waals surface area contributed by atoms with Crippen LogP contribution in [0, 0.1) is 0 Å². The Morgan fingerprint density at radius 3 is 2.57 bits per heavy atom. The van der Waals surface area contributed by atoms with Crippen molar-refractivity contribution in [1.82, 2.24) is 15.1 Å². The van der Waals surface area contributed by atoms with Gasteiger partial charge >= 0.3 is 6.03 Å². The van der Waals surface area contributed by atoms with E-state index in [9.17, 15) is 14.7 Å². The van der Waals surface area contributed by atoms with E-state index in [1.807, 2.05) is 36.4 Å². The Bertz CT molecular complexity index is 1320. The van der Waals surface area contributed by atoms with Gasteiger partial charge in [-0.1, -0.05) is 43.2 Å². The van der Waals surface area contributed by atoms with E-state index in [0.717, 1.165) is 36.9 Å². The lowest BCUT2D eigenvalue weighted by Gasteiger charge is -2.12. The summed E-state index contributed by atoms with van der Waals surface area (Å²) in [7, 11) is 0. The number of rotatable bonds is 6. The summed E-state index contributed by atoms with van der Waals surface area (Å²) >= 11 is 0. The molecule has 1 saturated carbocycles. The number of hydrogen-bond donors (Lipinski definition) is 3. The van der Waals surface area contributed by atoms with E-state index in [0.29, 0.717) is 23.5 Å². The predicted molar refractivity (Wildman–Crippen MR) is 131 cm³/mol. The molecule has 3 N–H and O–H groups in total. The molecular formula is C27H26N4O4. The summed E-state index contributed by atoms with van der Waals surface area (Å²) in [6.07, 6.45) is 5.62. The van der Waals surface area contributed by atoms with Gasteiger partial charge in [-0.2, -0.15) is 9.78 Å². The van der Waals surface area contributed by atoms with E-state index in [2.05, 4.69) is 15.7 Å². The molecule has 178 valence electrons. The number of aromatic nitrogens is 2. The molecule has 0 spiro atoms. The van der Waals surface area contributed by atoms with Crippen molar-refractivity contribution in [3.05, 3.63) is 90.0 Å². The number of phenolic OH excluding ortho intramolecular Hbond substituents is 1. The molecule has 1 aliphatic rings. The fourth-order valence-corrected chi connectivity index (χ4v) is 4.47. The number of furan rings is 1. The zero-order chi connectivity index (χ0) is 24.2. The van der Waals surface area contributed by atoms with Gasteiger partial charge in [-0.25, -0.2) is 4.79 Å². The summed E-state index contributed by atoms with van der Waals surface area (Å²) in [5.74, 6) is 0.0163. The van der Waals surface area contributed by atoms with Crippen LogP contribution in [-0.4, -0.2) is 26.8 Å².